The molecule has 0 amide bonds. The number of hydrogen-bond donors (Lipinski definition) is 0. The summed E-state index contributed by atoms with van der Waals surface area (Å²) in [4.78, 5) is 12.0. The summed E-state index contributed by atoms with van der Waals surface area (Å²) in [6.07, 6.45) is 2.38. The molecular weight excluding hydrogens is 417 g/mol. The van der Waals surface area contributed by atoms with Gasteiger partial charge >= 0.3 is 6.61 Å². The van der Waals surface area contributed by atoms with Crippen LogP contribution in [0.1, 0.15) is 29.8 Å². The van der Waals surface area contributed by atoms with Crippen LogP contribution in [0.15, 0.2) is 54.7 Å². The molecule has 0 bridgehead atoms. The quantitative estimate of drug-likeness (QED) is 0.366. The van der Waals surface area contributed by atoms with Crippen molar-refractivity contribution in [2.75, 3.05) is 0 Å². The van der Waals surface area contributed by atoms with Crippen LogP contribution in [0.3, 0.4) is 0 Å². The van der Waals surface area contributed by atoms with Gasteiger partial charge in [-0.2, -0.15) is 8.78 Å². The molecule has 2 aromatic carbocycles. The highest BCUT2D eigenvalue weighted by molar-refractivity contribution is 5.84. The van der Waals surface area contributed by atoms with Gasteiger partial charge in [-0.25, -0.2) is 9.37 Å². The summed E-state index contributed by atoms with van der Waals surface area (Å²) in [5.41, 5.74) is 2.82. The first-order valence-corrected chi connectivity index (χ1v) is 10.1. The molecule has 3 atom stereocenters. The molecule has 8 heteroatoms. The number of para-hydroxylation sites is 1. The number of nitrogens with zero attached hydrogens (tertiary/aromatic N) is 4. The first kappa shape index (κ1) is 18.9. The Morgan fingerprint density at radius 2 is 2.00 bits per heavy atom. The van der Waals surface area contributed by atoms with Crippen LogP contribution >= 0.6 is 0 Å². The van der Waals surface area contributed by atoms with Crippen molar-refractivity contribution in [2.24, 2.45) is 5.92 Å². The maximum absolute atomic E-state index is 14.9. The van der Waals surface area contributed by atoms with Gasteiger partial charge in [0.2, 0.25) is 0 Å². The van der Waals surface area contributed by atoms with E-state index < -0.39 is 12.4 Å². The molecule has 2 aromatic heterocycles. The van der Waals surface area contributed by atoms with Gasteiger partial charge in [0.25, 0.3) is 5.82 Å². The van der Waals surface area contributed by atoms with Crippen molar-refractivity contribution < 1.29 is 17.9 Å². The number of fused-ring (bicyclic) bond motifs is 5. The van der Waals surface area contributed by atoms with E-state index in [1.54, 1.807) is 42.5 Å². The highest BCUT2D eigenvalue weighted by Gasteiger charge is 2.55. The van der Waals surface area contributed by atoms with E-state index in [2.05, 4.69) is 14.8 Å². The van der Waals surface area contributed by atoms with E-state index in [-0.39, 0.29) is 29.4 Å². The monoisotopic (exact) mass is 432 g/mol. The molecule has 1 aliphatic carbocycles. The summed E-state index contributed by atoms with van der Waals surface area (Å²) < 4.78 is 47.8. The van der Waals surface area contributed by atoms with E-state index in [4.69, 9.17) is 11.3 Å². The SMILES string of the molecule is [C-]#[N+]c1ccc(-c2cc3c(cc2F)nc2n3[C@@H](c3ccccc3OC(F)F)[C@H]3C[C@@H]23)cn1. The third kappa shape index (κ3) is 2.78. The van der Waals surface area contributed by atoms with Gasteiger partial charge in [-0.1, -0.05) is 30.8 Å². The van der Waals surface area contributed by atoms with E-state index in [0.717, 1.165) is 17.8 Å². The summed E-state index contributed by atoms with van der Waals surface area (Å²) in [6.45, 7) is 4.12. The third-order valence-corrected chi connectivity index (χ3v) is 6.29. The Morgan fingerprint density at radius 1 is 1.16 bits per heavy atom. The molecule has 0 unspecified atom stereocenters. The highest BCUT2D eigenvalue weighted by atomic mass is 19.3. The lowest BCUT2D eigenvalue weighted by Crippen LogP contribution is -2.13. The molecule has 1 fully saturated rings. The summed E-state index contributed by atoms with van der Waals surface area (Å²) in [7, 11) is 0. The van der Waals surface area contributed by atoms with Crippen LogP contribution in [-0.4, -0.2) is 21.1 Å². The lowest BCUT2D eigenvalue weighted by molar-refractivity contribution is -0.0507. The molecule has 0 saturated heterocycles. The number of ether oxygens (including phenoxy) is 1. The lowest BCUT2D eigenvalue weighted by Gasteiger charge is -2.21. The molecule has 32 heavy (non-hydrogen) atoms. The number of alkyl halides is 2. The van der Waals surface area contributed by atoms with Crippen molar-refractivity contribution in [2.45, 2.75) is 25.0 Å². The standard InChI is InChI=1S/C24H15F3N4O/c1-28-21-7-6-12(11-29-21)14-9-19-18(10-17(14)25)30-23-16-8-15(16)22(31(19)23)13-4-2-3-5-20(13)32-24(26)27/h2-7,9-11,15-16,22,24H,8H2/t15-,16+,22-/m0/s1. The second-order valence-electron chi connectivity index (χ2n) is 8.04. The second kappa shape index (κ2) is 6.82. The molecule has 0 N–H and O–H groups in total. The second-order valence-corrected chi connectivity index (χ2v) is 8.04. The van der Waals surface area contributed by atoms with Gasteiger partial charge in [-0.3, -0.25) is 0 Å². The van der Waals surface area contributed by atoms with E-state index >= 15 is 0 Å². The molecule has 0 spiro atoms. The van der Waals surface area contributed by atoms with Crippen molar-refractivity contribution >= 4 is 16.9 Å². The Labute approximate surface area is 180 Å². The molecule has 6 rings (SSSR count). The first-order valence-electron chi connectivity index (χ1n) is 10.1. The molecule has 0 radical (unpaired) electrons. The van der Waals surface area contributed by atoms with Crippen LogP contribution in [0.5, 0.6) is 5.75 Å². The molecule has 3 heterocycles. The zero-order valence-electron chi connectivity index (χ0n) is 16.5. The summed E-state index contributed by atoms with van der Waals surface area (Å²) in [6, 6.07) is 12.9. The van der Waals surface area contributed by atoms with Crippen molar-refractivity contribution in [1.82, 2.24) is 14.5 Å². The Bertz CT molecular complexity index is 1410. The average Bonchev–Trinajstić information content (AvgIpc) is 3.39. The van der Waals surface area contributed by atoms with Crippen LogP contribution in [0.4, 0.5) is 19.0 Å². The molecule has 2 aliphatic rings. The van der Waals surface area contributed by atoms with Gasteiger partial charge in [-0.05, 0) is 30.5 Å². The Balaban J connectivity index is 1.52. The van der Waals surface area contributed by atoms with E-state index in [1.165, 1.54) is 12.3 Å². The van der Waals surface area contributed by atoms with Gasteiger partial charge in [0.05, 0.1) is 17.1 Å². The zero-order chi connectivity index (χ0) is 22.0. The molecule has 1 aliphatic heterocycles. The van der Waals surface area contributed by atoms with Crippen LogP contribution < -0.4 is 4.74 Å². The van der Waals surface area contributed by atoms with E-state index in [1.807, 2.05) is 4.57 Å². The molecular formula is C24H15F3N4O. The molecule has 1 saturated carbocycles. The van der Waals surface area contributed by atoms with Gasteiger partial charge in [0.15, 0.2) is 0 Å². The van der Waals surface area contributed by atoms with Crippen LogP contribution in [0.2, 0.25) is 0 Å². The Hall–Kier alpha value is -3.86. The van der Waals surface area contributed by atoms with Crippen molar-refractivity contribution in [3.63, 3.8) is 0 Å². The number of halogens is 3. The maximum atomic E-state index is 14.9. The van der Waals surface area contributed by atoms with Crippen LogP contribution in [-0.2, 0) is 0 Å². The van der Waals surface area contributed by atoms with Crippen molar-refractivity contribution in [3.8, 4) is 16.9 Å². The Kier molecular flexibility index (Phi) is 4.02. The fraction of sp³-hybridized carbons (Fsp3) is 0.208. The minimum absolute atomic E-state index is 0.147. The van der Waals surface area contributed by atoms with Gasteiger partial charge in [-0.15, -0.1) is 4.98 Å². The minimum atomic E-state index is -2.92. The summed E-state index contributed by atoms with van der Waals surface area (Å²) in [5.74, 6) is 1.26. The molecule has 5 nitrogen and oxygen atoms in total. The van der Waals surface area contributed by atoms with Gasteiger partial charge in [0.1, 0.15) is 23.6 Å². The van der Waals surface area contributed by atoms with Crippen LogP contribution in [0.25, 0.3) is 27.0 Å². The number of benzene rings is 2. The van der Waals surface area contributed by atoms with Crippen molar-refractivity contribution in [1.29, 1.82) is 0 Å². The van der Waals surface area contributed by atoms with Gasteiger partial charge < -0.3 is 14.1 Å². The highest BCUT2D eigenvalue weighted by Crippen LogP contribution is 2.63. The number of hydrogen-bond acceptors (Lipinski definition) is 3. The van der Waals surface area contributed by atoms with Crippen LogP contribution in [0, 0.1) is 18.3 Å². The molecule has 158 valence electrons. The number of pyridine rings is 1. The Morgan fingerprint density at radius 3 is 2.75 bits per heavy atom. The smallest absolute Gasteiger partial charge is 0.387 e. The number of rotatable bonds is 4. The summed E-state index contributed by atoms with van der Waals surface area (Å²) >= 11 is 0. The predicted molar refractivity (Wildman–Crippen MR) is 111 cm³/mol. The number of imidazole rings is 1. The largest absolute Gasteiger partial charge is 0.434 e. The fourth-order valence-corrected chi connectivity index (χ4v) is 4.87. The fourth-order valence-electron chi connectivity index (χ4n) is 4.87. The van der Waals surface area contributed by atoms with E-state index in [0.29, 0.717) is 22.2 Å². The van der Waals surface area contributed by atoms with E-state index in [9.17, 15) is 13.2 Å². The predicted octanol–water partition coefficient (Wildman–Crippen LogP) is 6.10. The van der Waals surface area contributed by atoms with Gasteiger partial charge in [0, 0.05) is 28.7 Å². The minimum Gasteiger partial charge on any atom is -0.434 e. The van der Waals surface area contributed by atoms with Crippen molar-refractivity contribution in [3.05, 3.63) is 83.4 Å². The lowest BCUT2D eigenvalue weighted by atomic mass is 10.0. The maximum Gasteiger partial charge on any atom is 0.387 e. The normalized spacial score (nSPS) is 20.8. The zero-order valence-corrected chi connectivity index (χ0v) is 16.5. The average molecular weight is 432 g/mol. The number of aromatic nitrogens is 3. The summed E-state index contributed by atoms with van der Waals surface area (Å²) in [5, 5.41) is 0. The molecule has 4 aromatic rings. The third-order valence-electron chi connectivity index (χ3n) is 6.29. The topological polar surface area (TPSA) is 44.3 Å². The first-order chi connectivity index (χ1) is 15.5.